The number of ether oxygens (including phenoxy) is 2. The van der Waals surface area contributed by atoms with Crippen LogP contribution in [0.3, 0.4) is 0 Å². The number of carbonyl (C=O) groups excluding carboxylic acids is 1. The van der Waals surface area contributed by atoms with Gasteiger partial charge in [0.05, 0.1) is 13.2 Å². The zero-order valence-electron chi connectivity index (χ0n) is 19.5. The Morgan fingerprint density at radius 2 is 1.81 bits per heavy atom. The Balaban J connectivity index is 0.00000363. The lowest BCUT2D eigenvalue weighted by molar-refractivity contribution is 0.0965. The third kappa shape index (κ3) is 5.48. The fraction of sp³-hybridized carbons (Fsp3) is 0.478. The van der Waals surface area contributed by atoms with E-state index in [4.69, 9.17) is 14.9 Å². The summed E-state index contributed by atoms with van der Waals surface area (Å²) in [5.41, 5.74) is 1.90. The summed E-state index contributed by atoms with van der Waals surface area (Å²) in [5, 5.41) is 17.2. The second-order valence-corrected chi connectivity index (χ2v) is 8.60. The van der Waals surface area contributed by atoms with Crippen LogP contribution < -0.4 is 15.1 Å². The molecule has 0 aliphatic heterocycles. The number of hydrogen-bond donors (Lipinski definition) is 1. The number of Topliss-reactive ketones (excluding diaryl/α,β-unsaturated/α-hetero) is 1. The van der Waals surface area contributed by atoms with E-state index in [-0.39, 0.29) is 41.9 Å². The summed E-state index contributed by atoms with van der Waals surface area (Å²) in [6, 6.07) is 9.02. The Kier molecular flexibility index (Phi) is 8.07. The molecule has 2 aromatic heterocycles. The minimum Gasteiger partial charge on any atom is -0.497 e. The Labute approximate surface area is 194 Å². The van der Waals surface area contributed by atoms with Crippen LogP contribution in [0, 0.1) is 5.41 Å². The number of ketones is 1. The van der Waals surface area contributed by atoms with Crippen LogP contribution in [0.4, 0.5) is 0 Å². The van der Waals surface area contributed by atoms with Crippen molar-refractivity contribution < 1.29 is 14.3 Å². The summed E-state index contributed by atoms with van der Waals surface area (Å²) >= 11 is 0. The van der Waals surface area contributed by atoms with Crippen molar-refractivity contribution in [2.45, 2.75) is 65.5 Å². The van der Waals surface area contributed by atoms with E-state index in [9.17, 15) is 4.79 Å². The van der Waals surface area contributed by atoms with E-state index in [0.717, 1.165) is 18.4 Å². The van der Waals surface area contributed by atoms with E-state index in [1.54, 1.807) is 25.3 Å². The third-order valence-electron chi connectivity index (χ3n) is 5.28. The van der Waals surface area contributed by atoms with Crippen molar-refractivity contribution in [3.05, 3.63) is 47.1 Å². The van der Waals surface area contributed by atoms with Crippen molar-refractivity contribution in [2.24, 2.45) is 0 Å². The first kappa shape index (κ1) is 25.4. The zero-order chi connectivity index (χ0) is 22.8. The zero-order valence-corrected chi connectivity index (χ0v) is 20.3. The van der Waals surface area contributed by atoms with Gasteiger partial charge < -0.3 is 9.47 Å². The molecule has 8 nitrogen and oxygen atoms in total. The highest BCUT2D eigenvalue weighted by atomic mass is 35.5. The smallest absolute Gasteiger partial charge is 0.242 e. The number of carbonyl (C=O) groups is 1. The van der Waals surface area contributed by atoms with Gasteiger partial charge in [-0.15, -0.1) is 22.6 Å². The van der Waals surface area contributed by atoms with Crippen LogP contribution in [-0.2, 0) is 12.0 Å². The molecule has 32 heavy (non-hydrogen) atoms. The Hall–Kier alpha value is -2.87. The van der Waals surface area contributed by atoms with Gasteiger partial charge in [0.25, 0.3) is 0 Å². The summed E-state index contributed by atoms with van der Waals surface area (Å²) in [6.07, 6.45) is 1.82. The van der Waals surface area contributed by atoms with Gasteiger partial charge in [0.15, 0.2) is 11.4 Å². The number of nitrogens with zero attached hydrogens (tertiary/aromatic N) is 4. The fourth-order valence-corrected chi connectivity index (χ4v) is 3.25. The lowest BCUT2D eigenvalue weighted by Crippen LogP contribution is -2.26. The van der Waals surface area contributed by atoms with Crippen LogP contribution in [-0.4, -0.2) is 38.4 Å². The maximum Gasteiger partial charge on any atom is 0.242 e. The highest BCUT2D eigenvalue weighted by molar-refractivity contribution is 5.96. The van der Waals surface area contributed by atoms with Crippen molar-refractivity contribution in [1.82, 2.24) is 19.4 Å². The highest BCUT2D eigenvalue weighted by Crippen LogP contribution is 2.28. The minimum absolute atomic E-state index is 0. The lowest BCUT2D eigenvalue weighted by atomic mass is 9.85. The summed E-state index contributed by atoms with van der Waals surface area (Å²) in [7, 11) is 1.59. The molecule has 0 amide bonds. The Bertz CT molecular complexity index is 1140. The van der Waals surface area contributed by atoms with Crippen molar-refractivity contribution in [3.63, 3.8) is 0 Å². The van der Waals surface area contributed by atoms with Crippen LogP contribution in [0.2, 0.25) is 0 Å². The van der Waals surface area contributed by atoms with E-state index < -0.39 is 0 Å². The maximum atomic E-state index is 13.0. The monoisotopic (exact) mass is 461 g/mol. The SMILES string of the molecule is CCC(CC)Oc1ccc2nn(CC(=O)c3cc(OC)cc(C(C)(C)C)c3)c(=N)n2n1.Cl. The molecule has 1 aromatic carbocycles. The third-order valence-corrected chi connectivity index (χ3v) is 5.28. The van der Waals surface area contributed by atoms with Crippen LogP contribution in [0.1, 0.15) is 63.4 Å². The molecule has 2 heterocycles. The van der Waals surface area contributed by atoms with Gasteiger partial charge in [-0.3, -0.25) is 10.2 Å². The van der Waals surface area contributed by atoms with Crippen molar-refractivity contribution >= 4 is 23.8 Å². The minimum atomic E-state index is -0.153. The molecule has 0 unspecified atom stereocenters. The molecule has 174 valence electrons. The summed E-state index contributed by atoms with van der Waals surface area (Å²) in [6.45, 7) is 10.3. The van der Waals surface area contributed by atoms with Crippen LogP contribution >= 0.6 is 12.4 Å². The van der Waals surface area contributed by atoms with Crippen LogP contribution in [0.25, 0.3) is 5.65 Å². The van der Waals surface area contributed by atoms with E-state index in [2.05, 4.69) is 44.8 Å². The molecule has 0 fully saturated rings. The standard InChI is InChI=1S/C23H31N5O3.ClH/c1-7-17(8-2)31-21-10-9-20-25-27(22(24)28(20)26-21)14-19(29)15-11-16(23(3,4)5)13-18(12-15)30-6;/h9-13,17,24H,7-8,14H2,1-6H3;1H. The summed E-state index contributed by atoms with van der Waals surface area (Å²) in [5.74, 6) is 0.916. The number of aromatic nitrogens is 4. The molecular formula is C23H32ClN5O3. The second kappa shape index (κ2) is 10.2. The molecule has 0 spiro atoms. The maximum absolute atomic E-state index is 13.0. The first-order valence-corrected chi connectivity index (χ1v) is 10.6. The van der Waals surface area contributed by atoms with Gasteiger partial charge >= 0.3 is 0 Å². The Morgan fingerprint density at radius 3 is 2.41 bits per heavy atom. The van der Waals surface area contributed by atoms with Crippen molar-refractivity contribution in [1.29, 1.82) is 5.41 Å². The van der Waals surface area contributed by atoms with Crippen LogP contribution in [0.5, 0.6) is 11.6 Å². The second-order valence-electron chi connectivity index (χ2n) is 8.60. The fourth-order valence-electron chi connectivity index (χ4n) is 3.25. The summed E-state index contributed by atoms with van der Waals surface area (Å²) in [4.78, 5) is 13.0. The molecule has 3 aromatic rings. The average Bonchev–Trinajstić information content (AvgIpc) is 3.05. The normalized spacial score (nSPS) is 11.5. The van der Waals surface area contributed by atoms with Gasteiger partial charge in [-0.05, 0) is 48.1 Å². The van der Waals surface area contributed by atoms with E-state index in [1.165, 1.54) is 9.20 Å². The molecule has 0 aliphatic carbocycles. The molecule has 0 aliphatic rings. The first-order chi connectivity index (χ1) is 14.7. The van der Waals surface area contributed by atoms with Crippen LogP contribution in [0.15, 0.2) is 30.3 Å². The van der Waals surface area contributed by atoms with Gasteiger partial charge in [-0.2, -0.15) is 4.52 Å². The molecule has 0 saturated carbocycles. The number of nitrogens with one attached hydrogen (secondary N) is 1. The van der Waals surface area contributed by atoms with Crippen molar-refractivity contribution in [2.75, 3.05) is 7.11 Å². The molecule has 0 bridgehead atoms. The van der Waals surface area contributed by atoms with Gasteiger partial charge in [0.1, 0.15) is 12.3 Å². The predicted octanol–water partition coefficient (Wildman–Crippen LogP) is 4.19. The van der Waals surface area contributed by atoms with Crippen molar-refractivity contribution in [3.8, 4) is 11.6 Å². The highest BCUT2D eigenvalue weighted by Gasteiger charge is 2.19. The first-order valence-electron chi connectivity index (χ1n) is 10.6. The molecule has 3 rings (SSSR count). The average molecular weight is 462 g/mol. The largest absolute Gasteiger partial charge is 0.497 e. The van der Waals surface area contributed by atoms with E-state index in [0.29, 0.717) is 22.8 Å². The number of benzene rings is 1. The number of methoxy groups -OCH3 is 1. The number of halogens is 1. The topological polar surface area (TPSA) is 94.5 Å². The van der Waals surface area contributed by atoms with E-state index >= 15 is 0 Å². The van der Waals surface area contributed by atoms with Gasteiger partial charge in [-0.1, -0.05) is 34.6 Å². The predicted molar refractivity (Wildman–Crippen MR) is 125 cm³/mol. The molecular weight excluding hydrogens is 430 g/mol. The lowest BCUT2D eigenvalue weighted by Gasteiger charge is -2.20. The number of fused-ring (bicyclic) bond motifs is 1. The number of hydrogen-bond acceptors (Lipinski definition) is 6. The van der Waals surface area contributed by atoms with E-state index in [1.807, 2.05) is 12.1 Å². The van der Waals surface area contributed by atoms with Gasteiger partial charge in [0, 0.05) is 11.6 Å². The number of rotatable bonds is 8. The summed E-state index contributed by atoms with van der Waals surface area (Å²) < 4.78 is 14.0. The molecule has 1 N–H and O–H groups in total. The van der Waals surface area contributed by atoms with Gasteiger partial charge in [0.2, 0.25) is 11.5 Å². The molecule has 0 radical (unpaired) electrons. The quantitative estimate of drug-likeness (QED) is 0.507. The molecule has 0 saturated heterocycles. The van der Waals surface area contributed by atoms with Gasteiger partial charge in [-0.25, -0.2) is 4.68 Å². The molecule has 9 heteroatoms. The molecule has 0 atom stereocenters. The Morgan fingerprint density at radius 1 is 1.12 bits per heavy atom.